The zero-order valence-electron chi connectivity index (χ0n) is 9.93. The molecule has 1 heterocycles. The van der Waals surface area contributed by atoms with Gasteiger partial charge in [-0.1, -0.05) is 13.3 Å². The van der Waals surface area contributed by atoms with Crippen molar-refractivity contribution < 1.29 is 19.1 Å². The van der Waals surface area contributed by atoms with E-state index in [1.807, 2.05) is 6.92 Å². The maximum Gasteiger partial charge on any atom is 0.416 e. The number of rotatable bonds is 4. The number of amides is 2. The van der Waals surface area contributed by atoms with Gasteiger partial charge in [0.2, 0.25) is 5.91 Å². The predicted molar refractivity (Wildman–Crippen MR) is 59.2 cm³/mol. The van der Waals surface area contributed by atoms with E-state index >= 15 is 0 Å². The molecule has 0 aromatic rings. The van der Waals surface area contributed by atoms with Crippen molar-refractivity contribution >= 4 is 18.3 Å². The third kappa shape index (κ3) is 2.06. The van der Waals surface area contributed by atoms with Crippen molar-refractivity contribution in [1.29, 1.82) is 0 Å². The van der Waals surface area contributed by atoms with Crippen LogP contribution in [0.5, 0.6) is 0 Å². The van der Waals surface area contributed by atoms with Crippen LogP contribution in [0.2, 0.25) is 0 Å². The first-order valence-corrected chi connectivity index (χ1v) is 6.14. The van der Waals surface area contributed by atoms with Crippen molar-refractivity contribution in [2.45, 2.75) is 38.6 Å². The summed E-state index contributed by atoms with van der Waals surface area (Å²) in [5.41, 5.74) is 0. The fourth-order valence-electron chi connectivity index (χ4n) is 2.65. The Hall–Kier alpha value is -1.39. The Bertz CT molecular complexity index is 341. The molecule has 1 aliphatic heterocycles. The number of ether oxygens (including phenoxy) is 1. The molecular formula is C12H17NO4. The van der Waals surface area contributed by atoms with E-state index in [2.05, 4.69) is 0 Å². The summed E-state index contributed by atoms with van der Waals surface area (Å²) in [6, 6.07) is -0.265. The minimum Gasteiger partial charge on any atom is -0.449 e. The smallest absolute Gasteiger partial charge is 0.416 e. The monoisotopic (exact) mass is 239 g/mol. The molecule has 2 aliphatic rings. The number of hydrogen-bond donors (Lipinski definition) is 0. The summed E-state index contributed by atoms with van der Waals surface area (Å²) >= 11 is 0. The van der Waals surface area contributed by atoms with E-state index in [1.165, 1.54) is 0 Å². The highest BCUT2D eigenvalue weighted by Gasteiger charge is 2.53. The predicted octanol–water partition coefficient (Wildman–Crippen LogP) is 1.36. The fraction of sp³-hybridized carbons (Fsp3) is 0.750. The molecule has 5 nitrogen and oxygen atoms in total. The highest BCUT2D eigenvalue weighted by atomic mass is 16.6. The van der Waals surface area contributed by atoms with Gasteiger partial charge in [-0.2, -0.15) is 0 Å². The molecule has 2 amide bonds. The molecule has 94 valence electrons. The highest BCUT2D eigenvalue weighted by Crippen LogP contribution is 2.42. The molecule has 3 atom stereocenters. The molecule has 0 radical (unpaired) electrons. The number of nitrogens with zero attached hydrogens (tertiary/aromatic N) is 1. The van der Waals surface area contributed by atoms with E-state index in [0.717, 1.165) is 24.0 Å². The number of aldehydes is 1. The van der Waals surface area contributed by atoms with Crippen molar-refractivity contribution in [1.82, 2.24) is 4.90 Å². The molecule has 0 N–H and O–H groups in total. The van der Waals surface area contributed by atoms with Gasteiger partial charge < -0.3 is 9.53 Å². The summed E-state index contributed by atoms with van der Waals surface area (Å²) in [5, 5.41) is 0. The van der Waals surface area contributed by atoms with Gasteiger partial charge in [-0.05, 0) is 19.3 Å². The standard InChI is InChI=1S/C12H17NO4/c1-2-3-4-17-12(16)13-10-6-8(11(13)15)5-9(10)7-14/h7-10H,2-6H2,1H3. The molecule has 0 aromatic carbocycles. The van der Waals surface area contributed by atoms with Gasteiger partial charge in [-0.15, -0.1) is 0 Å². The van der Waals surface area contributed by atoms with Crippen LogP contribution >= 0.6 is 0 Å². The molecule has 0 aromatic heterocycles. The average molecular weight is 239 g/mol. The van der Waals surface area contributed by atoms with Crippen molar-refractivity contribution in [3.05, 3.63) is 0 Å². The van der Waals surface area contributed by atoms with Gasteiger partial charge in [0.15, 0.2) is 0 Å². The SMILES string of the molecule is CCCCOC(=O)N1C(=O)C2CC(C=O)C1C2. The van der Waals surface area contributed by atoms with Gasteiger partial charge in [0, 0.05) is 11.8 Å². The second-order valence-electron chi connectivity index (χ2n) is 4.71. The van der Waals surface area contributed by atoms with Gasteiger partial charge in [0.25, 0.3) is 0 Å². The molecular weight excluding hydrogens is 222 g/mol. The quantitative estimate of drug-likeness (QED) is 0.549. The lowest BCUT2D eigenvalue weighted by atomic mass is 10.00. The van der Waals surface area contributed by atoms with E-state index < -0.39 is 6.09 Å². The zero-order valence-corrected chi connectivity index (χ0v) is 9.93. The lowest BCUT2D eigenvalue weighted by Crippen LogP contribution is -2.46. The van der Waals surface area contributed by atoms with Crippen molar-refractivity contribution in [3.63, 3.8) is 0 Å². The van der Waals surface area contributed by atoms with E-state index in [-0.39, 0.29) is 23.8 Å². The summed E-state index contributed by atoms with van der Waals surface area (Å²) in [5.74, 6) is -0.528. The van der Waals surface area contributed by atoms with Crippen LogP contribution in [-0.2, 0) is 14.3 Å². The van der Waals surface area contributed by atoms with Gasteiger partial charge in [-0.3, -0.25) is 4.79 Å². The number of hydrogen-bond acceptors (Lipinski definition) is 4. The normalized spacial score (nSPS) is 30.8. The van der Waals surface area contributed by atoms with Crippen LogP contribution in [-0.4, -0.2) is 35.8 Å². The van der Waals surface area contributed by atoms with E-state index in [4.69, 9.17) is 4.74 Å². The number of piperidine rings is 1. The first kappa shape index (κ1) is 12.1. The lowest BCUT2D eigenvalue weighted by molar-refractivity contribution is -0.134. The summed E-state index contributed by atoms with van der Waals surface area (Å²) in [4.78, 5) is 35.6. The maximum atomic E-state index is 11.8. The van der Waals surface area contributed by atoms with Crippen LogP contribution in [0.1, 0.15) is 32.6 Å². The molecule has 17 heavy (non-hydrogen) atoms. The summed E-state index contributed by atoms with van der Waals surface area (Å²) in [7, 11) is 0. The Kier molecular flexibility index (Phi) is 3.45. The molecule has 2 bridgehead atoms. The van der Waals surface area contributed by atoms with Crippen LogP contribution in [0.3, 0.4) is 0 Å². The number of unbranched alkanes of at least 4 members (excludes halogenated alkanes) is 1. The number of carbonyl (C=O) groups excluding carboxylic acids is 3. The molecule has 1 saturated carbocycles. The molecule has 1 aliphatic carbocycles. The second-order valence-corrected chi connectivity index (χ2v) is 4.71. The van der Waals surface area contributed by atoms with Crippen molar-refractivity contribution in [3.8, 4) is 0 Å². The zero-order chi connectivity index (χ0) is 12.4. The average Bonchev–Trinajstić information content (AvgIpc) is 2.86. The van der Waals surface area contributed by atoms with E-state index in [0.29, 0.717) is 19.4 Å². The Morgan fingerprint density at radius 1 is 1.53 bits per heavy atom. The van der Waals surface area contributed by atoms with Crippen molar-refractivity contribution in [2.24, 2.45) is 11.8 Å². The minimum atomic E-state index is -0.581. The molecule has 2 fully saturated rings. The Labute approximate surface area is 100 Å². The van der Waals surface area contributed by atoms with E-state index in [9.17, 15) is 14.4 Å². The molecule has 3 unspecified atom stereocenters. The summed E-state index contributed by atoms with van der Waals surface area (Å²) in [6.07, 6.45) is 3.20. The first-order valence-electron chi connectivity index (χ1n) is 6.14. The Morgan fingerprint density at radius 3 is 2.88 bits per heavy atom. The van der Waals surface area contributed by atoms with Crippen LogP contribution in [0, 0.1) is 11.8 Å². The number of imide groups is 1. The lowest BCUT2D eigenvalue weighted by Gasteiger charge is -2.27. The highest BCUT2D eigenvalue weighted by molar-refractivity contribution is 5.97. The molecule has 0 spiro atoms. The fourth-order valence-corrected chi connectivity index (χ4v) is 2.65. The van der Waals surface area contributed by atoms with Crippen molar-refractivity contribution in [2.75, 3.05) is 6.61 Å². The van der Waals surface area contributed by atoms with Gasteiger partial charge in [0.05, 0.1) is 12.6 Å². The third-order valence-corrected chi connectivity index (χ3v) is 3.59. The number of likely N-dealkylation sites (tertiary alicyclic amines) is 1. The van der Waals surface area contributed by atoms with Crippen LogP contribution < -0.4 is 0 Å². The van der Waals surface area contributed by atoms with Crippen LogP contribution in [0.4, 0.5) is 4.79 Å². The van der Waals surface area contributed by atoms with E-state index in [1.54, 1.807) is 0 Å². The number of carbonyl (C=O) groups is 3. The summed E-state index contributed by atoms with van der Waals surface area (Å²) in [6.45, 7) is 2.33. The van der Waals surface area contributed by atoms with Crippen LogP contribution in [0.25, 0.3) is 0 Å². The summed E-state index contributed by atoms with van der Waals surface area (Å²) < 4.78 is 5.03. The minimum absolute atomic E-state index is 0.158. The molecule has 2 rings (SSSR count). The Morgan fingerprint density at radius 2 is 2.29 bits per heavy atom. The largest absolute Gasteiger partial charge is 0.449 e. The number of fused-ring (bicyclic) bond motifs is 2. The van der Waals surface area contributed by atoms with Crippen LogP contribution in [0.15, 0.2) is 0 Å². The molecule has 5 heteroatoms. The topological polar surface area (TPSA) is 63.7 Å². The third-order valence-electron chi connectivity index (χ3n) is 3.59. The first-order chi connectivity index (χ1) is 8.19. The Balaban J connectivity index is 1.98. The molecule has 1 saturated heterocycles. The van der Waals surface area contributed by atoms with Gasteiger partial charge >= 0.3 is 6.09 Å². The second kappa shape index (κ2) is 4.85. The van der Waals surface area contributed by atoms with Gasteiger partial charge in [-0.25, -0.2) is 9.69 Å². The maximum absolute atomic E-state index is 11.8. The van der Waals surface area contributed by atoms with Gasteiger partial charge in [0.1, 0.15) is 6.29 Å².